The molecule has 10 nitrogen and oxygen atoms in total. The predicted octanol–water partition coefficient (Wildman–Crippen LogP) is -2.16. The number of hydrogen-bond donors (Lipinski definition) is 4. The summed E-state index contributed by atoms with van der Waals surface area (Å²) in [5.74, 6) is -1.22. The van der Waals surface area contributed by atoms with Crippen LogP contribution >= 0.6 is 0 Å². The predicted molar refractivity (Wildman–Crippen MR) is 82.7 cm³/mol. The molecule has 0 unspecified atom stereocenters. The molecule has 24 heavy (non-hydrogen) atoms. The zero-order chi connectivity index (χ0) is 17.9. The molecule has 6 N–H and O–H groups in total. The first-order chi connectivity index (χ1) is 11.6. The summed E-state index contributed by atoms with van der Waals surface area (Å²) < 4.78 is 15.2. The number of ether oxygens (including phenoxy) is 3. The Morgan fingerprint density at radius 3 is 2.25 bits per heavy atom. The number of nitrogens with zero attached hydrogens (tertiary/aromatic N) is 1. The van der Waals surface area contributed by atoms with Crippen LogP contribution in [0.25, 0.3) is 0 Å². The van der Waals surface area contributed by atoms with E-state index in [-0.39, 0.29) is 24.7 Å². The smallest absolute Gasteiger partial charge is 0.334 e. The third-order valence-corrected chi connectivity index (χ3v) is 3.19. The van der Waals surface area contributed by atoms with Crippen molar-refractivity contribution in [1.82, 2.24) is 4.90 Å². The summed E-state index contributed by atoms with van der Waals surface area (Å²) in [6, 6.07) is -1.06. The number of rotatable bonds is 9. The monoisotopic (exact) mass is 347 g/mol. The lowest BCUT2D eigenvalue weighted by molar-refractivity contribution is -0.163. The Bertz CT molecular complexity index is 436. The first-order valence-electron chi connectivity index (χ1n) is 7.64. The van der Waals surface area contributed by atoms with E-state index in [9.17, 15) is 9.59 Å². The number of aliphatic carboxylic acids is 1. The molecule has 2 aliphatic rings. The molecule has 10 heteroatoms. The second kappa shape index (κ2) is 10.9. The van der Waals surface area contributed by atoms with Gasteiger partial charge in [0.25, 0.3) is 0 Å². The molecular weight excluding hydrogens is 322 g/mol. The van der Waals surface area contributed by atoms with Crippen LogP contribution < -0.4 is 11.5 Å². The van der Waals surface area contributed by atoms with Gasteiger partial charge in [-0.25, -0.2) is 4.79 Å². The Morgan fingerprint density at radius 2 is 1.83 bits per heavy atom. The number of carboxylic acid groups (broad SMARTS) is 1. The van der Waals surface area contributed by atoms with Gasteiger partial charge in [-0.1, -0.05) is 0 Å². The molecule has 0 aliphatic carbocycles. The van der Waals surface area contributed by atoms with Gasteiger partial charge in [0, 0.05) is 13.1 Å². The van der Waals surface area contributed by atoms with Gasteiger partial charge < -0.3 is 35.9 Å². The molecule has 0 aromatic carbocycles. The molecule has 0 spiro atoms. The Balaban J connectivity index is 0.000000257. The number of aliphatic hydroxyl groups is 1. The molecular formula is C14H25N3O7. The van der Waals surface area contributed by atoms with Crippen molar-refractivity contribution in [2.75, 3.05) is 46.1 Å². The number of carbonyl (C=O) groups is 2. The second-order valence-corrected chi connectivity index (χ2v) is 4.91. The number of carboxylic acids is 1. The molecule has 2 rings (SSSR count). The number of carbonyl (C=O) groups excluding carboxylic acids is 1. The zero-order valence-corrected chi connectivity index (χ0v) is 13.4. The van der Waals surface area contributed by atoms with Gasteiger partial charge in [0.1, 0.15) is 5.76 Å². The minimum atomic E-state index is -1.14. The van der Waals surface area contributed by atoms with Crippen molar-refractivity contribution in [2.45, 2.75) is 18.7 Å². The Hall–Kier alpha value is -1.72. The van der Waals surface area contributed by atoms with Crippen molar-refractivity contribution in [1.29, 1.82) is 0 Å². The van der Waals surface area contributed by atoms with E-state index in [1.807, 2.05) is 0 Å². The lowest BCUT2D eigenvalue weighted by Gasteiger charge is -2.33. The Kier molecular flexibility index (Phi) is 9.27. The molecule has 2 saturated heterocycles. The number of nitrogens with two attached hydrogens (primary N) is 2. The fourth-order valence-electron chi connectivity index (χ4n) is 2.15. The van der Waals surface area contributed by atoms with E-state index in [4.69, 9.17) is 35.9 Å². The van der Waals surface area contributed by atoms with Crippen LogP contribution in [0.2, 0.25) is 0 Å². The van der Waals surface area contributed by atoms with Crippen LogP contribution in [-0.2, 0) is 23.8 Å². The highest BCUT2D eigenvalue weighted by molar-refractivity contribution is 5.91. The summed E-state index contributed by atoms with van der Waals surface area (Å²) in [6.07, 6.45) is 1.03. The van der Waals surface area contributed by atoms with E-state index in [1.54, 1.807) is 0 Å². The molecule has 0 radical (unpaired) electrons. The van der Waals surface area contributed by atoms with Crippen molar-refractivity contribution in [3.63, 3.8) is 0 Å². The van der Waals surface area contributed by atoms with Gasteiger partial charge in [0.2, 0.25) is 5.91 Å². The van der Waals surface area contributed by atoms with Crippen LogP contribution in [0.15, 0.2) is 11.8 Å². The van der Waals surface area contributed by atoms with E-state index in [2.05, 4.69) is 0 Å². The molecule has 0 aromatic rings. The minimum absolute atomic E-state index is 0.149. The summed E-state index contributed by atoms with van der Waals surface area (Å²) in [7, 11) is 0. The number of fused-ring (bicyclic) bond motifs is 1. The molecule has 0 saturated carbocycles. The largest absolute Gasteiger partial charge is 0.479 e. The van der Waals surface area contributed by atoms with Crippen molar-refractivity contribution in [3.05, 3.63) is 11.8 Å². The minimum Gasteiger partial charge on any atom is -0.479 e. The molecule has 2 atom stereocenters. The van der Waals surface area contributed by atoms with Gasteiger partial charge >= 0.3 is 5.97 Å². The molecule has 2 fully saturated rings. The van der Waals surface area contributed by atoms with Crippen LogP contribution in [0.4, 0.5) is 0 Å². The maximum absolute atomic E-state index is 11.1. The van der Waals surface area contributed by atoms with E-state index >= 15 is 0 Å². The summed E-state index contributed by atoms with van der Waals surface area (Å²) in [5, 5.41) is 17.5. The SMILES string of the molecule is NCCOCCOCCN.O=C(O)[C@H]1/C(=C\CO)O[C@@H]2CC(=O)N21. The molecule has 0 bridgehead atoms. The van der Waals surface area contributed by atoms with Gasteiger partial charge in [0.15, 0.2) is 12.3 Å². The number of hydrogen-bond acceptors (Lipinski definition) is 8. The van der Waals surface area contributed by atoms with Gasteiger partial charge in [-0.3, -0.25) is 9.69 Å². The van der Waals surface area contributed by atoms with Crippen LogP contribution in [0.5, 0.6) is 0 Å². The second-order valence-electron chi connectivity index (χ2n) is 4.91. The fraction of sp³-hybridized carbons (Fsp3) is 0.714. The molecule has 2 heterocycles. The summed E-state index contributed by atoms with van der Waals surface area (Å²) >= 11 is 0. The topological polar surface area (TPSA) is 158 Å². The highest BCUT2D eigenvalue weighted by Crippen LogP contribution is 2.36. The third kappa shape index (κ3) is 5.73. The van der Waals surface area contributed by atoms with Crippen LogP contribution in [0, 0.1) is 0 Å². The molecule has 0 aromatic heterocycles. The van der Waals surface area contributed by atoms with Gasteiger partial charge in [0.05, 0.1) is 39.5 Å². The van der Waals surface area contributed by atoms with Gasteiger partial charge in [-0.15, -0.1) is 0 Å². The van der Waals surface area contributed by atoms with Crippen molar-refractivity contribution in [3.8, 4) is 0 Å². The average molecular weight is 347 g/mol. The van der Waals surface area contributed by atoms with Gasteiger partial charge in [-0.2, -0.15) is 0 Å². The quantitative estimate of drug-likeness (QED) is 0.269. The Labute approximate surface area is 139 Å². The lowest BCUT2D eigenvalue weighted by Crippen LogP contribution is -2.54. The summed E-state index contributed by atoms with van der Waals surface area (Å²) in [5.41, 5.74) is 10.4. The lowest BCUT2D eigenvalue weighted by atomic mass is 10.1. The van der Waals surface area contributed by atoms with Gasteiger partial charge in [-0.05, 0) is 6.08 Å². The first-order valence-corrected chi connectivity index (χ1v) is 7.64. The van der Waals surface area contributed by atoms with Crippen LogP contribution in [-0.4, -0.2) is 85.4 Å². The number of β-lactam (4-membered cyclic amide) rings is 1. The zero-order valence-electron chi connectivity index (χ0n) is 13.4. The highest BCUT2D eigenvalue weighted by atomic mass is 16.5. The van der Waals surface area contributed by atoms with E-state index in [1.165, 1.54) is 11.0 Å². The van der Waals surface area contributed by atoms with E-state index in [0.29, 0.717) is 39.5 Å². The average Bonchev–Trinajstić information content (AvgIpc) is 2.84. The molecule has 2 aliphatic heterocycles. The van der Waals surface area contributed by atoms with Crippen LogP contribution in [0.1, 0.15) is 6.42 Å². The van der Waals surface area contributed by atoms with Crippen LogP contribution in [0.3, 0.4) is 0 Å². The van der Waals surface area contributed by atoms with Crippen molar-refractivity contribution >= 4 is 11.9 Å². The standard InChI is InChI=1S/C8H9NO5.C6H16N2O2/c10-2-1-4-7(8(12)13)9-5(11)3-6(9)14-4;7-1-3-9-5-6-10-4-2-8/h1,6-7,10H,2-3H2,(H,12,13);1-8H2/b4-1+;/t6-,7-;/m1./s1. The first kappa shape index (κ1) is 20.3. The van der Waals surface area contributed by atoms with Crippen molar-refractivity contribution in [2.24, 2.45) is 11.5 Å². The molecule has 1 amide bonds. The molecule has 138 valence electrons. The number of aliphatic hydroxyl groups excluding tert-OH is 1. The summed E-state index contributed by atoms with van der Waals surface area (Å²) in [4.78, 5) is 23.1. The Morgan fingerprint density at radius 1 is 1.25 bits per heavy atom. The highest BCUT2D eigenvalue weighted by Gasteiger charge is 2.53. The van der Waals surface area contributed by atoms with Crippen molar-refractivity contribution < 1.29 is 34.0 Å². The number of amides is 1. The van der Waals surface area contributed by atoms with E-state index in [0.717, 1.165) is 0 Å². The normalized spacial score (nSPS) is 23.2. The maximum Gasteiger partial charge on any atom is 0.334 e. The fourth-order valence-corrected chi connectivity index (χ4v) is 2.15. The maximum atomic E-state index is 11.1. The summed E-state index contributed by atoms with van der Waals surface area (Å²) in [6.45, 7) is 3.26. The van der Waals surface area contributed by atoms with E-state index < -0.39 is 18.2 Å². The third-order valence-electron chi connectivity index (χ3n) is 3.19.